The van der Waals surface area contributed by atoms with Crippen LogP contribution in [-0.2, 0) is 17.0 Å². The summed E-state index contributed by atoms with van der Waals surface area (Å²) in [5.74, 6) is 0.626. The van der Waals surface area contributed by atoms with Gasteiger partial charge in [0.2, 0.25) is 5.89 Å². The fourth-order valence-electron chi connectivity index (χ4n) is 1.13. The summed E-state index contributed by atoms with van der Waals surface area (Å²) in [6, 6.07) is -0.926. The van der Waals surface area contributed by atoms with Gasteiger partial charge in [-0.2, -0.15) is 4.98 Å². The Hall–Kier alpha value is -1.08. The zero-order valence-electron chi connectivity index (χ0n) is 10.1. The number of carboxylic acids is 1. The molecule has 1 heterocycles. The van der Waals surface area contributed by atoms with Crippen LogP contribution in [0.15, 0.2) is 4.52 Å². The fourth-order valence-corrected chi connectivity index (χ4v) is 2.03. The number of hydrogen-bond acceptors (Lipinski definition) is 6. The first-order valence-corrected chi connectivity index (χ1v) is 6.29. The highest BCUT2D eigenvalue weighted by atomic mass is 32.2. The van der Waals surface area contributed by atoms with Gasteiger partial charge in [0.05, 0.1) is 5.75 Å². The number of thioether (sulfide) groups is 1. The molecule has 0 fully saturated rings. The molecule has 6 nitrogen and oxygen atoms in total. The van der Waals surface area contributed by atoms with Crippen LogP contribution in [0.4, 0.5) is 0 Å². The van der Waals surface area contributed by atoms with Crippen molar-refractivity contribution in [3.05, 3.63) is 11.7 Å². The van der Waals surface area contributed by atoms with E-state index in [0.29, 0.717) is 23.9 Å². The molecule has 1 rings (SSSR count). The summed E-state index contributed by atoms with van der Waals surface area (Å²) in [5.41, 5.74) is 5.61. The SMILES string of the molecule is CCc1nc(CSC(C)(C)[C@H](N)C(=O)O)no1. The number of hydrogen-bond donors (Lipinski definition) is 2. The Bertz CT molecular complexity index is 392. The molecular formula is C10H17N3O3S. The topological polar surface area (TPSA) is 102 Å². The van der Waals surface area contributed by atoms with Crippen LogP contribution in [0.5, 0.6) is 0 Å². The number of nitrogens with zero attached hydrogens (tertiary/aromatic N) is 2. The second kappa shape index (κ2) is 5.50. The molecular weight excluding hydrogens is 242 g/mol. The van der Waals surface area contributed by atoms with Gasteiger partial charge >= 0.3 is 5.97 Å². The first-order valence-electron chi connectivity index (χ1n) is 5.30. The van der Waals surface area contributed by atoms with Gasteiger partial charge in [0.25, 0.3) is 0 Å². The average molecular weight is 259 g/mol. The molecule has 0 aliphatic carbocycles. The van der Waals surface area contributed by atoms with Gasteiger partial charge in [-0.05, 0) is 13.8 Å². The van der Waals surface area contributed by atoms with Crippen molar-refractivity contribution in [1.82, 2.24) is 10.1 Å². The molecule has 3 N–H and O–H groups in total. The van der Waals surface area contributed by atoms with Crippen LogP contribution >= 0.6 is 11.8 Å². The van der Waals surface area contributed by atoms with Crippen molar-refractivity contribution in [2.45, 2.75) is 43.7 Å². The van der Waals surface area contributed by atoms with E-state index in [1.807, 2.05) is 6.92 Å². The van der Waals surface area contributed by atoms with E-state index in [0.717, 1.165) is 0 Å². The van der Waals surface area contributed by atoms with Crippen LogP contribution in [0.25, 0.3) is 0 Å². The molecule has 0 unspecified atom stereocenters. The predicted molar refractivity (Wildman–Crippen MR) is 64.7 cm³/mol. The summed E-state index contributed by atoms with van der Waals surface area (Å²) >= 11 is 1.40. The van der Waals surface area contributed by atoms with Crippen molar-refractivity contribution in [1.29, 1.82) is 0 Å². The van der Waals surface area contributed by atoms with Crippen LogP contribution in [0, 0.1) is 0 Å². The standard InChI is InChI=1S/C10H17N3O3S/c1-4-7-12-6(13-16-7)5-17-10(2,3)8(11)9(14)15/h8H,4-5,11H2,1-3H3,(H,14,15)/t8-/m1/s1. The van der Waals surface area contributed by atoms with E-state index >= 15 is 0 Å². The smallest absolute Gasteiger partial charge is 0.321 e. The Morgan fingerprint density at radius 1 is 1.65 bits per heavy atom. The first-order chi connectivity index (χ1) is 7.86. The van der Waals surface area contributed by atoms with Gasteiger partial charge in [-0.3, -0.25) is 4.79 Å². The van der Waals surface area contributed by atoms with Gasteiger partial charge in [-0.15, -0.1) is 11.8 Å². The molecule has 0 bridgehead atoms. The summed E-state index contributed by atoms with van der Waals surface area (Å²) in [4.78, 5) is 15.0. The molecule has 0 aromatic carbocycles. The van der Waals surface area contributed by atoms with E-state index < -0.39 is 16.8 Å². The second-order valence-corrected chi connectivity index (χ2v) is 5.80. The maximum Gasteiger partial charge on any atom is 0.321 e. The molecule has 0 aliphatic heterocycles. The first kappa shape index (κ1) is 14.0. The molecule has 0 saturated carbocycles. The number of carbonyl (C=O) groups is 1. The van der Waals surface area contributed by atoms with Crippen LogP contribution in [0.2, 0.25) is 0 Å². The van der Waals surface area contributed by atoms with E-state index in [2.05, 4.69) is 10.1 Å². The number of aliphatic carboxylic acids is 1. The molecule has 96 valence electrons. The molecule has 1 atom stereocenters. The lowest BCUT2D eigenvalue weighted by molar-refractivity contribution is -0.139. The van der Waals surface area contributed by atoms with Gasteiger partial charge in [-0.1, -0.05) is 12.1 Å². The van der Waals surface area contributed by atoms with Crippen molar-refractivity contribution < 1.29 is 14.4 Å². The summed E-state index contributed by atoms with van der Waals surface area (Å²) in [6.45, 7) is 5.50. The molecule has 0 radical (unpaired) electrons. The van der Waals surface area contributed by atoms with E-state index in [1.54, 1.807) is 13.8 Å². The van der Waals surface area contributed by atoms with Crippen molar-refractivity contribution >= 4 is 17.7 Å². The average Bonchev–Trinajstić information content (AvgIpc) is 2.73. The zero-order chi connectivity index (χ0) is 13.1. The van der Waals surface area contributed by atoms with Crippen LogP contribution in [-0.4, -0.2) is 32.0 Å². The molecule has 0 aliphatic rings. The van der Waals surface area contributed by atoms with Crippen LogP contribution in [0.1, 0.15) is 32.5 Å². The molecule has 0 amide bonds. The molecule has 17 heavy (non-hydrogen) atoms. The maximum atomic E-state index is 10.8. The molecule has 7 heteroatoms. The minimum absolute atomic E-state index is 0.484. The normalized spacial score (nSPS) is 13.6. The van der Waals surface area contributed by atoms with E-state index in [1.165, 1.54) is 11.8 Å². The van der Waals surface area contributed by atoms with Crippen molar-refractivity contribution in [3.8, 4) is 0 Å². The summed E-state index contributed by atoms with van der Waals surface area (Å²) in [7, 11) is 0. The Morgan fingerprint density at radius 2 is 2.29 bits per heavy atom. The van der Waals surface area contributed by atoms with Crippen LogP contribution in [0.3, 0.4) is 0 Å². The molecule has 1 aromatic heterocycles. The van der Waals surface area contributed by atoms with Gasteiger partial charge < -0.3 is 15.4 Å². The molecule has 1 aromatic rings. The number of nitrogens with two attached hydrogens (primary N) is 1. The van der Waals surface area contributed by atoms with Gasteiger partial charge in [0.15, 0.2) is 5.82 Å². The lowest BCUT2D eigenvalue weighted by atomic mass is 10.1. The highest BCUT2D eigenvalue weighted by Crippen LogP contribution is 2.29. The quantitative estimate of drug-likeness (QED) is 0.787. The van der Waals surface area contributed by atoms with Gasteiger partial charge in [0, 0.05) is 11.2 Å². The van der Waals surface area contributed by atoms with E-state index in [-0.39, 0.29) is 0 Å². The largest absolute Gasteiger partial charge is 0.480 e. The van der Waals surface area contributed by atoms with Gasteiger partial charge in [-0.25, -0.2) is 0 Å². The lowest BCUT2D eigenvalue weighted by Crippen LogP contribution is -2.46. The number of rotatable bonds is 6. The minimum atomic E-state index is -1.01. The maximum absolute atomic E-state index is 10.8. The number of carboxylic acid groups (broad SMARTS) is 1. The van der Waals surface area contributed by atoms with Crippen LogP contribution < -0.4 is 5.73 Å². The summed E-state index contributed by atoms with van der Waals surface area (Å²) in [5, 5.41) is 12.7. The third-order valence-corrected chi connectivity index (χ3v) is 3.80. The number of aryl methyl sites for hydroxylation is 1. The summed E-state index contributed by atoms with van der Waals surface area (Å²) in [6.07, 6.45) is 0.690. The van der Waals surface area contributed by atoms with Crippen molar-refractivity contribution in [3.63, 3.8) is 0 Å². The Labute approximate surface area is 104 Å². The highest BCUT2D eigenvalue weighted by molar-refractivity contribution is 7.99. The van der Waals surface area contributed by atoms with Gasteiger partial charge in [0.1, 0.15) is 6.04 Å². The van der Waals surface area contributed by atoms with Crippen molar-refractivity contribution in [2.24, 2.45) is 5.73 Å². The zero-order valence-corrected chi connectivity index (χ0v) is 11.0. The number of aromatic nitrogens is 2. The second-order valence-electron chi connectivity index (χ2n) is 4.17. The van der Waals surface area contributed by atoms with E-state index in [9.17, 15) is 4.79 Å². The third-order valence-electron chi connectivity index (χ3n) is 2.40. The summed E-state index contributed by atoms with van der Waals surface area (Å²) < 4.78 is 4.38. The lowest BCUT2D eigenvalue weighted by Gasteiger charge is -2.27. The third kappa shape index (κ3) is 3.71. The van der Waals surface area contributed by atoms with Crippen molar-refractivity contribution in [2.75, 3.05) is 0 Å². The molecule has 0 saturated heterocycles. The molecule has 0 spiro atoms. The van der Waals surface area contributed by atoms with E-state index in [4.69, 9.17) is 15.4 Å². The Morgan fingerprint density at radius 3 is 2.76 bits per heavy atom. The Kier molecular flexibility index (Phi) is 4.53. The Balaban J connectivity index is 2.57. The highest BCUT2D eigenvalue weighted by Gasteiger charge is 2.32. The predicted octanol–water partition coefficient (Wildman–Crippen LogP) is 1.06. The minimum Gasteiger partial charge on any atom is -0.480 e. The monoisotopic (exact) mass is 259 g/mol. The fraction of sp³-hybridized carbons (Fsp3) is 0.700.